The van der Waals surface area contributed by atoms with Crippen LogP contribution < -0.4 is 0 Å². The Balaban J connectivity index is 2.42. The molecule has 102 valence electrons. The third-order valence-corrected chi connectivity index (χ3v) is 3.45. The number of H-pyrrole nitrogens is 1. The van der Waals surface area contributed by atoms with Crippen LogP contribution in [0.5, 0.6) is 0 Å². The molecule has 0 amide bonds. The zero-order valence-corrected chi connectivity index (χ0v) is 11.3. The van der Waals surface area contributed by atoms with Crippen molar-refractivity contribution in [3.8, 4) is 5.69 Å². The molecule has 2 aromatic carbocycles. The third kappa shape index (κ3) is 2.01. The second-order valence-corrected chi connectivity index (χ2v) is 4.94. The van der Waals surface area contributed by atoms with Crippen LogP contribution in [0, 0.1) is 22.2 Å². The van der Waals surface area contributed by atoms with Gasteiger partial charge in [-0.1, -0.05) is 11.6 Å². The molecule has 1 N–H and O–H groups in total. The van der Waals surface area contributed by atoms with Crippen LogP contribution in [-0.2, 0) is 0 Å². The summed E-state index contributed by atoms with van der Waals surface area (Å²) in [6.07, 6.45) is 0. The van der Waals surface area contributed by atoms with Crippen LogP contribution in [0.3, 0.4) is 0 Å². The zero-order valence-electron chi connectivity index (χ0n) is 9.75. The van der Waals surface area contributed by atoms with Crippen LogP contribution in [0.2, 0.25) is 5.02 Å². The minimum absolute atomic E-state index is 0.0828. The molecule has 0 aliphatic rings. The molecule has 0 spiro atoms. The Kier molecular flexibility index (Phi) is 3.07. The number of hydrogen-bond donors (Lipinski definition) is 1. The molecule has 2 nitrogen and oxygen atoms in total. The molecule has 0 aliphatic carbocycles. The molecule has 1 heterocycles. The van der Waals surface area contributed by atoms with E-state index in [-0.39, 0.29) is 21.0 Å². The fourth-order valence-corrected chi connectivity index (χ4v) is 2.47. The highest BCUT2D eigenvalue weighted by atomic mass is 35.5. The second-order valence-electron chi connectivity index (χ2n) is 4.14. The van der Waals surface area contributed by atoms with E-state index in [9.17, 15) is 13.2 Å². The summed E-state index contributed by atoms with van der Waals surface area (Å²) in [7, 11) is 0. The molecular weight excluding hydrogens is 309 g/mol. The van der Waals surface area contributed by atoms with Gasteiger partial charge in [0.25, 0.3) is 0 Å². The van der Waals surface area contributed by atoms with Crippen molar-refractivity contribution in [2.24, 2.45) is 0 Å². The zero-order chi connectivity index (χ0) is 14.4. The number of halogens is 4. The van der Waals surface area contributed by atoms with Gasteiger partial charge in [0.15, 0.2) is 4.77 Å². The number of nitrogens with zero attached hydrogens (tertiary/aromatic N) is 1. The summed E-state index contributed by atoms with van der Waals surface area (Å²) in [5.41, 5.74) is 0.620. The lowest BCUT2D eigenvalue weighted by atomic mass is 10.2. The maximum atomic E-state index is 13.9. The molecule has 3 rings (SSSR count). The van der Waals surface area contributed by atoms with Gasteiger partial charge in [0.05, 0.1) is 21.7 Å². The first-order valence-corrected chi connectivity index (χ1v) is 6.31. The minimum atomic E-state index is -0.668. The van der Waals surface area contributed by atoms with Gasteiger partial charge in [0.1, 0.15) is 17.5 Å². The molecule has 3 aromatic rings. The summed E-state index contributed by atoms with van der Waals surface area (Å²) in [6, 6.07) is 5.43. The summed E-state index contributed by atoms with van der Waals surface area (Å²) in [5, 5.41) is -0.0828. The van der Waals surface area contributed by atoms with Gasteiger partial charge in [-0.3, -0.25) is 4.57 Å². The van der Waals surface area contributed by atoms with Crippen molar-refractivity contribution in [1.29, 1.82) is 0 Å². The van der Waals surface area contributed by atoms with Crippen LogP contribution in [0.15, 0.2) is 30.3 Å². The Labute approximate surface area is 121 Å². The van der Waals surface area contributed by atoms with Gasteiger partial charge in [0, 0.05) is 12.1 Å². The van der Waals surface area contributed by atoms with Crippen LogP contribution in [0.1, 0.15) is 0 Å². The van der Waals surface area contributed by atoms with E-state index in [1.807, 2.05) is 0 Å². The Morgan fingerprint density at radius 2 is 1.80 bits per heavy atom. The van der Waals surface area contributed by atoms with Gasteiger partial charge >= 0.3 is 0 Å². The molecule has 0 saturated heterocycles. The quantitative estimate of drug-likeness (QED) is 0.642. The predicted molar refractivity (Wildman–Crippen MR) is 73.3 cm³/mol. The summed E-state index contributed by atoms with van der Waals surface area (Å²) in [5.74, 6) is -1.95. The van der Waals surface area contributed by atoms with Gasteiger partial charge in [-0.2, -0.15) is 0 Å². The lowest BCUT2D eigenvalue weighted by Crippen LogP contribution is -1.99. The fraction of sp³-hybridized carbons (Fsp3) is 0. The standard InChI is InChI=1S/C13H6ClF3N2S/c14-7-4-10-12(5-9(7)17)19(13(20)18-10)11-3-6(15)1-2-8(11)16/h1-5H,(H,18,20). The van der Waals surface area contributed by atoms with E-state index in [0.717, 1.165) is 24.3 Å². The highest BCUT2D eigenvalue weighted by molar-refractivity contribution is 7.71. The molecule has 0 saturated carbocycles. The lowest BCUT2D eigenvalue weighted by molar-refractivity contribution is 0.593. The number of aromatic amines is 1. The minimum Gasteiger partial charge on any atom is -0.330 e. The van der Waals surface area contributed by atoms with Crippen LogP contribution in [0.4, 0.5) is 13.2 Å². The van der Waals surface area contributed by atoms with E-state index >= 15 is 0 Å². The maximum Gasteiger partial charge on any atom is 0.182 e. The normalized spacial score (nSPS) is 11.2. The largest absolute Gasteiger partial charge is 0.330 e. The number of hydrogen-bond acceptors (Lipinski definition) is 1. The van der Waals surface area contributed by atoms with Crippen molar-refractivity contribution >= 4 is 34.9 Å². The van der Waals surface area contributed by atoms with Crippen molar-refractivity contribution in [1.82, 2.24) is 9.55 Å². The van der Waals surface area contributed by atoms with E-state index in [1.54, 1.807) is 0 Å². The van der Waals surface area contributed by atoms with Crippen LogP contribution >= 0.6 is 23.8 Å². The van der Waals surface area contributed by atoms with Gasteiger partial charge < -0.3 is 4.98 Å². The molecule has 0 unspecified atom stereocenters. The fourth-order valence-electron chi connectivity index (χ4n) is 2.00. The molecule has 7 heteroatoms. The number of aromatic nitrogens is 2. The first-order chi connectivity index (χ1) is 9.47. The summed E-state index contributed by atoms with van der Waals surface area (Å²) >= 11 is 10.8. The Morgan fingerprint density at radius 3 is 2.55 bits per heavy atom. The van der Waals surface area contributed by atoms with Gasteiger partial charge in [0.2, 0.25) is 0 Å². The topological polar surface area (TPSA) is 20.7 Å². The molecule has 0 bridgehead atoms. The lowest BCUT2D eigenvalue weighted by Gasteiger charge is -2.06. The summed E-state index contributed by atoms with van der Waals surface area (Å²) < 4.78 is 42.1. The summed E-state index contributed by atoms with van der Waals surface area (Å²) in [6.45, 7) is 0. The average Bonchev–Trinajstić information content (AvgIpc) is 2.69. The van der Waals surface area contributed by atoms with E-state index in [4.69, 9.17) is 23.8 Å². The van der Waals surface area contributed by atoms with E-state index in [2.05, 4.69) is 4.98 Å². The van der Waals surface area contributed by atoms with E-state index in [1.165, 1.54) is 10.6 Å². The Morgan fingerprint density at radius 1 is 1.05 bits per heavy atom. The molecule has 0 atom stereocenters. The van der Waals surface area contributed by atoms with Crippen LogP contribution in [0.25, 0.3) is 16.7 Å². The molecule has 20 heavy (non-hydrogen) atoms. The van der Waals surface area contributed by atoms with Crippen molar-refractivity contribution in [3.63, 3.8) is 0 Å². The van der Waals surface area contributed by atoms with Crippen molar-refractivity contribution < 1.29 is 13.2 Å². The Hall–Kier alpha value is -1.79. The van der Waals surface area contributed by atoms with Gasteiger partial charge in [-0.05, 0) is 30.4 Å². The molecule has 0 radical (unpaired) electrons. The number of fused-ring (bicyclic) bond motifs is 1. The van der Waals surface area contributed by atoms with Crippen molar-refractivity contribution in [3.05, 3.63) is 57.6 Å². The first kappa shape index (κ1) is 13.2. The third-order valence-electron chi connectivity index (χ3n) is 2.87. The van der Waals surface area contributed by atoms with E-state index < -0.39 is 17.5 Å². The molecular formula is C13H6ClF3N2S. The SMILES string of the molecule is Fc1ccc(F)c(-n2c(=S)[nH]c3cc(Cl)c(F)cc32)c1. The number of nitrogens with one attached hydrogen (secondary N) is 1. The second kappa shape index (κ2) is 4.64. The van der Waals surface area contributed by atoms with Crippen LogP contribution in [-0.4, -0.2) is 9.55 Å². The smallest absolute Gasteiger partial charge is 0.182 e. The maximum absolute atomic E-state index is 13.9. The monoisotopic (exact) mass is 314 g/mol. The number of rotatable bonds is 1. The van der Waals surface area contributed by atoms with Crippen molar-refractivity contribution in [2.75, 3.05) is 0 Å². The van der Waals surface area contributed by atoms with Gasteiger partial charge in [-0.15, -0.1) is 0 Å². The van der Waals surface area contributed by atoms with E-state index in [0.29, 0.717) is 5.52 Å². The highest BCUT2D eigenvalue weighted by Crippen LogP contribution is 2.26. The molecule has 0 fully saturated rings. The summed E-state index contributed by atoms with van der Waals surface area (Å²) in [4.78, 5) is 2.78. The molecule has 1 aromatic heterocycles. The Bertz CT molecular complexity index is 885. The highest BCUT2D eigenvalue weighted by Gasteiger charge is 2.14. The number of imidazole rings is 1. The average molecular weight is 315 g/mol. The van der Waals surface area contributed by atoms with Crippen molar-refractivity contribution in [2.45, 2.75) is 0 Å². The van der Waals surface area contributed by atoms with Gasteiger partial charge in [-0.25, -0.2) is 13.2 Å². The first-order valence-electron chi connectivity index (χ1n) is 5.52. The molecule has 0 aliphatic heterocycles. The number of benzene rings is 2. The predicted octanol–water partition coefficient (Wildman–Crippen LogP) is 4.76.